The van der Waals surface area contributed by atoms with Gasteiger partial charge in [0, 0.05) is 48.2 Å². The van der Waals surface area contributed by atoms with Crippen LogP contribution in [0.4, 0.5) is 13.2 Å². The maximum absolute atomic E-state index is 13.5. The molecular formula is C53H53F3N6O5S. The molecule has 352 valence electrons. The van der Waals surface area contributed by atoms with Gasteiger partial charge in [-0.05, 0) is 115 Å². The number of benzene rings is 5. The number of amides is 2. The summed E-state index contributed by atoms with van der Waals surface area (Å²) < 4.78 is 49.3. The Morgan fingerprint density at radius 3 is 2.31 bits per heavy atom. The van der Waals surface area contributed by atoms with Gasteiger partial charge >= 0.3 is 6.36 Å². The normalized spacial score (nSPS) is 18.5. The molecule has 5 aromatic carbocycles. The molecule has 3 aliphatic rings. The highest BCUT2D eigenvalue weighted by atomic mass is 32.2. The second kappa shape index (κ2) is 20.7. The maximum Gasteiger partial charge on any atom is 0.573 e. The predicted octanol–water partition coefficient (Wildman–Crippen LogP) is 9.45. The number of nitrogens with zero attached hydrogens (tertiary/aromatic N) is 4. The summed E-state index contributed by atoms with van der Waals surface area (Å²) in [7, 11) is 0. The quantitative estimate of drug-likeness (QED) is 0.0959. The largest absolute Gasteiger partial charge is 0.573 e. The van der Waals surface area contributed by atoms with E-state index in [0.29, 0.717) is 42.2 Å². The molecule has 2 amide bonds. The second-order valence-electron chi connectivity index (χ2n) is 17.6. The zero-order chi connectivity index (χ0) is 47.2. The Morgan fingerprint density at radius 2 is 1.54 bits per heavy atom. The number of nitrogens with one attached hydrogen (secondary N) is 1. The van der Waals surface area contributed by atoms with E-state index in [4.69, 9.17) is 20.4 Å². The number of aromatic hydroxyl groups is 1. The first-order valence-corrected chi connectivity index (χ1v) is 24.0. The second-order valence-corrected chi connectivity index (χ2v) is 18.9. The third kappa shape index (κ3) is 11.4. The van der Waals surface area contributed by atoms with Crippen LogP contribution in [0.1, 0.15) is 82.2 Å². The van der Waals surface area contributed by atoms with Crippen molar-refractivity contribution in [1.82, 2.24) is 25.1 Å². The molecule has 2 unspecified atom stereocenters. The number of phenolic OH excluding ortho intramolecular Hbond substituents is 1. The lowest BCUT2D eigenvalue weighted by molar-refractivity contribution is -0.274. The van der Waals surface area contributed by atoms with Crippen molar-refractivity contribution < 1.29 is 37.3 Å². The fraction of sp³-hybridized carbons (Fsp3) is 0.321. The molecule has 0 bridgehead atoms. The van der Waals surface area contributed by atoms with Crippen molar-refractivity contribution in [1.29, 1.82) is 0 Å². The number of likely N-dealkylation sites (tertiary alicyclic amines) is 2. The SMILES string of the molecule is N/C(=C\c1nc(SC2CCN(CC(=O)N3CCC(Oc4ccc(C5c6ccc(O)cc6CCC5c5ccccc5)cc4)CC3)CC2)nc2ccccc12)CNC(=O)c1ccccc1OC(F)(F)F. The summed E-state index contributed by atoms with van der Waals surface area (Å²) in [5.74, 6) is 0.391. The Hall–Kier alpha value is -6.58. The van der Waals surface area contributed by atoms with Gasteiger partial charge in [-0.1, -0.05) is 90.6 Å². The molecule has 15 heteroatoms. The zero-order valence-electron chi connectivity index (χ0n) is 37.4. The van der Waals surface area contributed by atoms with Crippen LogP contribution in [0, 0.1) is 0 Å². The number of ether oxygens (including phenoxy) is 2. The third-order valence-corrected chi connectivity index (χ3v) is 14.3. The summed E-state index contributed by atoms with van der Waals surface area (Å²) in [6, 6.07) is 37.6. The first-order chi connectivity index (χ1) is 32.9. The molecule has 2 saturated heterocycles. The number of carbonyl (C=O) groups excluding carboxylic acids is 2. The number of thioether (sulfide) groups is 1. The van der Waals surface area contributed by atoms with Crippen molar-refractivity contribution >= 4 is 40.6 Å². The molecule has 0 spiro atoms. The van der Waals surface area contributed by atoms with Gasteiger partial charge in [0.05, 0.1) is 29.9 Å². The minimum atomic E-state index is -4.95. The highest BCUT2D eigenvalue weighted by Crippen LogP contribution is 2.47. The highest BCUT2D eigenvalue weighted by molar-refractivity contribution is 7.99. The summed E-state index contributed by atoms with van der Waals surface area (Å²) >= 11 is 1.58. The molecule has 2 fully saturated rings. The summed E-state index contributed by atoms with van der Waals surface area (Å²) in [4.78, 5) is 40.2. The Balaban J connectivity index is 0.746. The van der Waals surface area contributed by atoms with Gasteiger partial charge in [0.2, 0.25) is 5.91 Å². The summed E-state index contributed by atoms with van der Waals surface area (Å²) in [5, 5.41) is 14.4. The van der Waals surface area contributed by atoms with Crippen molar-refractivity contribution in [3.05, 3.63) is 161 Å². The number of aromatic nitrogens is 2. The highest BCUT2D eigenvalue weighted by Gasteiger charge is 2.34. The number of para-hydroxylation sites is 2. The van der Waals surface area contributed by atoms with Gasteiger partial charge in [-0.2, -0.15) is 0 Å². The molecule has 68 heavy (non-hydrogen) atoms. The van der Waals surface area contributed by atoms with Gasteiger partial charge in [0.15, 0.2) is 5.16 Å². The van der Waals surface area contributed by atoms with Crippen LogP contribution in [0.25, 0.3) is 17.0 Å². The molecule has 2 aliphatic heterocycles. The van der Waals surface area contributed by atoms with E-state index in [1.54, 1.807) is 23.9 Å². The van der Waals surface area contributed by atoms with E-state index in [9.17, 15) is 27.9 Å². The fourth-order valence-corrected chi connectivity index (χ4v) is 10.7. The van der Waals surface area contributed by atoms with Crippen molar-refractivity contribution in [3.8, 4) is 17.2 Å². The van der Waals surface area contributed by atoms with Crippen LogP contribution in [0.5, 0.6) is 17.2 Å². The first kappa shape index (κ1) is 46.5. The molecule has 1 aromatic heterocycles. The molecule has 11 nitrogen and oxygen atoms in total. The topological polar surface area (TPSA) is 143 Å². The number of rotatable bonds is 13. The predicted molar refractivity (Wildman–Crippen MR) is 257 cm³/mol. The van der Waals surface area contributed by atoms with Crippen LogP contribution in [-0.4, -0.2) is 93.7 Å². The Bertz CT molecular complexity index is 2760. The average molecular weight is 943 g/mol. The lowest BCUT2D eigenvalue weighted by atomic mass is 9.69. The van der Waals surface area contributed by atoms with E-state index in [2.05, 4.69) is 75.6 Å². The monoisotopic (exact) mass is 942 g/mol. The summed E-state index contributed by atoms with van der Waals surface area (Å²) in [6.07, 6.45) is 1.88. The Kier molecular flexibility index (Phi) is 14.2. The summed E-state index contributed by atoms with van der Waals surface area (Å²) in [6.45, 7) is 3.07. The van der Waals surface area contributed by atoms with E-state index in [1.165, 1.54) is 40.5 Å². The van der Waals surface area contributed by atoms with Crippen molar-refractivity contribution in [2.24, 2.45) is 5.73 Å². The molecule has 3 heterocycles. The van der Waals surface area contributed by atoms with Crippen LogP contribution in [0.3, 0.4) is 0 Å². The van der Waals surface area contributed by atoms with Crippen LogP contribution >= 0.6 is 11.8 Å². The van der Waals surface area contributed by atoms with Crippen LogP contribution < -0.4 is 20.5 Å². The van der Waals surface area contributed by atoms with Crippen LogP contribution in [0.15, 0.2) is 132 Å². The number of nitrogens with two attached hydrogens (primary N) is 1. The minimum absolute atomic E-state index is 0.0250. The Morgan fingerprint density at radius 1 is 0.824 bits per heavy atom. The number of carbonyl (C=O) groups is 2. The van der Waals surface area contributed by atoms with Gasteiger partial charge in [-0.15, -0.1) is 13.2 Å². The lowest BCUT2D eigenvalue weighted by Gasteiger charge is -2.36. The van der Waals surface area contributed by atoms with Crippen molar-refractivity contribution in [2.45, 2.75) is 73.2 Å². The maximum atomic E-state index is 13.5. The lowest BCUT2D eigenvalue weighted by Crippen LogP contribution is -2.47. The zero-order valence-corrected chi connectivity index (χ0v) is 38.2. The minimum Gasteiger partial charge on any atom is -0.508 e. The number of aryl methyl sites for hydroxylation is 1. The molecule has 0 radical (unpaired) electrons. The number of alkyl halides is 3. The van der Waals surface area contributed by atoms with E-state index in [-0.39, 0.29) is 41.0 Å². The molecule has 9 rings (SSSR count). The summed E-state index contributed by atoms with van der Waals surface area (Å²) in [5.41, 5.74) is 12.6. The molecule has 4 N–H and O–H groups in total. The molecule has 2 atom stereocenters. The van der Waals surface area contributed by atoms with Crippen LogP contribution in [-0.2, 0) is 11.2 Å². The fourth-order valence-electron chi connectivity index (χ4n) is 9.69. The average Bonchev–Trinajstić information content (AvgIpc) is 3.34. The number of piperidine rings is 2. The van der Waals surface area contributed by atoms with Gasteiger partial charge in [-0.25, -0.2) is 9.97 Å². The van der Waals surface area contributed by atoms with E-state index in [0.717, 1.165) is 74.3 Å². The van der Waals surface area contributed by atoms with Crippen molar-refractivity contribution in [2.75, 3.05) is 39.3 Å². The number of hydrogen-bond acceptors (Lipinski definition) is 10. The molecule has 0 saturated carbocycles. The van der Waals surface area contributed by atoms with Crippen LogP contribution in [0.2, 0.25) is 0 Å². The third-order valence-electron chi connectivity index (χ3n) is 13.1. The van der Waals surface area contributed by atoms with E-state index >= 15 is 0 Å². The van der Waals surface area contributed by atoms with E-state index < -0.39 is 18.0 Å². The standard InChI is InChI=1S/C53H53F3N6O5S/c54-53(55,56)67-48-13-7-5-11-45(48)51(65)58-32-37(57)31-47-44-10-4-6-12-46(44)59-52(60-47)68-41-24-26-61(27-25-41)33-49(64)62-28-22-40(23-29-62)66-39-18-14-35(15-19-39)50-42(34-8-2-1-3-9-34)20-16-36-30-38(63)17-21-43(36)50/h1-15,17-19,21,30-31,40-42,50,63H,16,20,22-29,32-33,57H2,(H,58,65)/b37-31-. The number of phenols is 1. The molecular weight excluding hydrogens is 890 g/mol. The number of hydrogen-bond donors (Lipinski definition) is 3. The number of halogens is 3. The number of fused-ring (bicyclic) bond motifs is 2. The Labute approximate surface area is 397 Å². The van der Waals surface area contributed by atoms with Gasteiger partial charge < -0.3 is 30.5 Å². The smallest absolute Gasteiger partial charge is 0.508 e. The van der Waals surface area contributed by atoms with Gasteiger partial charge in [0.1, 0.15) is 23.4 Å². The molecule has 6 aromatic rings. The van der Waals surface area contributed by atoms with Gasteiger partial charge in [0.25, 0.3) is 5.91 Å². The first-order valence-electron chi connectivity index (χ1n) is 23.1. The molecule has 1 aliphatic carbocycles. The van der Waals surface area contributed by atoms with E-state index in [1.807, 2.05) is 35.2 Å². The van der Waals surface area contributed by atoms with Crippen molar-refractivity contribution in [3.63, 3.8) is 0 Å². The van der Waals surface area contributed by atoms with Gasteiger partial charge in [-0.3, -0.25) is 14.5 Å².